The minimum absolute atomic E-state index is 0.414. The Morgan fingerprint density at radius 3 is 2.88 bits per heavy atom. The standard InChI is InChI=1S/C14H18N2O/c1-3-17-13-7-12(8-13)16-14-6-11(9-15)5-4-10(14)2/h4-6,12-13,16H,3,7-8H2,1-2H3. The van der Waals surface area contributed by atoms with Crippen molar-refractivity contribution in [1.82, 2.24) is 0 Å². The molecule has 1 fully saturated rings. The summed E-state index contributed by atoms with van der Waals surface area (Å²) < 4.78 is 5.53. The van der Waals surface area contributed by atoms with Crippen LogP contribution in [0.3, 0.4) is 0 Å². The van der Waals surface area contributed by atoms with Gasteiger partial charge in [0.25, 0.3) is 0 Å². The second-order valence-electron chi connectivity index (χ2n) is 4.53. The van der Waals surface area contributed by atoms with Crippen molar-refractivity contribution in [2.24, 2.45) is 0 Å². The number of benzene rings is 1. The smallest absolute Gasteiger partial charge is 0.0992 e. The van der Waals surface area contributed by atoms with Crippen LogP contribution in [0, 0.1) is 18.3 Å². The molecule has 90 valence electrons. The lowest BCUT2D eigenvalue weighted by Crippen LogP contribution is -2.40. The molecule has 0 spiro atoms. The lowest BCUT2D eigenvalue weighted by atomic mass is 9.88. The van der Waals surface area contributed by atoms with E-state index in [9.17, 15) is 0 Å². The van der Waals surface area contributed by atoms with Crippen molar-refractivity contribution in [2.75, 3.05) is 11.9 Å². The third-order valence-corrected chi connectivity index (χ3v) is 3.22. The van der Waals surface area contributed by atoms with Gasteiger partial charge in [-0.25, -0.2) is 0 Å². The number of hydrogen-bond acceptors (Lipinski definition) is 3. The van der Waals surface area contributed by atoms with Crippen molar-refractivity contribution in [3.63, 3.8) is 0 Å². The normalized spacial score (nSPS) is 22.6. The van der Waals surface area contributed by atoms with Crippen LogP contribution in [0.5, 0.6) is 0 Å². The molecule has 1 aliphatic rings. The Bertz CT molecular complexity index is 430. The van der Waals surface area contributed by atoms with Gasteiger partial charge >= 0.3 is 0 Å². The summed E-state index contributed by atoms with van der Waals surface area (Å²) in [4.78, 5) is 0. The molecule has 0 radical (unpaired) electrons. The molecule has 2 rings (SSSR count). The van der Waals surface area contributed by atoms with Gasteiger partial charge < -0.3 is 10.1 Å². The van der Waals surface area contributed by atoms with Crippen LogP contribution in [0.15, 0.2) is 18.2 Å². The quantitative estimate of drug-likeness (QED) is 0.865. The van der Waals surface area contributed by atoms with E-state index in [2.05, 4.69) is 18.3 Å². The van der Waals surface area contributed by atoms with Gasteiger partial charge in [-0.1, -0.05) is 6.07 Å². The molecule has 0 unspecified atom stereocenters. The minimum atomic E-state index is 0.414. The maximum atomic E-state index is 8.87. The highest BCUT2D eigenvalue weighted by atomic mass is 16.5. The zero-order chi connectivity index (χ0) is 12.3. The lowest BCUT2D eigenvalue weighted by Gasteiger charge is -2.36. The molecule has 1 saturated carbocycles. The van der Waals surface area contributed by atoms with Gasteiger partial charge in [-0.2, -0.15) is 5.26 Å². The summed E-state index contributed by atoms with van der Waals surface area (Å²) in [5.41, 5.74) is 2.96. The molecule has 17 heavy (non-hydrogen) atoms. The van der Waals surface area contributed by atoms with Crippen LogP contribution in [-0.4, -0.2) is 18.8 Å². The van der Waals surface area contributed by atoms with E-state index in [1.54, 1.807) is 0 Å². The predicted octanol–water partition coefficient (Wildman–Crippen LogP) is 2.85. The average molecular weight is 230 g/mol. The van der Waals surface area contributed by atoms with Crippen molar-refractivity contribution >= 4 is 5.69 Å². The topological polar surface area (TPSA) is 45.0 Å². The van der Waals surface area contributed by atoms with E-state index in [-0.39, 0.29) is 0 Å². The van der Waals surface area contributed by atoms with Crippen LogP contribution in [0.4, 0.5) is 5.69 Å². The molecule has 1 aromatic rings. The Morgan fingerprint density at radius 1 is 1.47 bits per heavy atom. The molecule has 0 amide bonds. The second kappa shape index (κ2) is 5.20. The number of ether oxygens (including phenoxy) is 1. The molecule has 0 atom stereocenters. The maximum absolute atomic E-state index is 8.87. The minimum Gasteiger partial charge on any atom is -0.382 e. The van der Waals surface area contributed by atoms with Crippen LogP contribution in [-0.2, 0) is 4.74 Å². The summed E-state index contributed by atoms with van der Waals surface area (Å²) in [6.45, 7) is 4.88. The average Bonchev–Trinajstić information content (AvgIpc) is 2.29. The highest BCUT2D eigenvalue weighted by molar-refractivity contribution is 5.55. The summed E-state index contributed by atoms with van der Waals surface area (Å²) in [6.07, 6.45) is 2.53. The molecule has 0 bridgehead atoms. The molecule has 0 saturated heterocycles. The molecule has 3 nitrogen and oxygen atoms in total. The SMILES string of the molecule is CCOC1CC(Nc2cc(C#N)ccc2C)C1. The molecule has 1 aliphatic carbocycles. The zero-order valence-electron chi connectivity index (χ0n) is 10.4. The maximum Gasteiger partial charge on any atom is 0.0992 e. The molecule has 0 heterocycles. The number of rotatable bonds is 4. The lowest BCUT2D eigenvalue weighted by molar-refractivity contribution is 0.00298. The van der Waals surface area contributed by atoms with Gasteiger partial charge in [0.2, 0.25) is 0 Å². The van der Waals surface area contributed by atoms with Gasteiger partial charge in [0.05, 0.1) is 17.7 Å². The Balaban J connectivity index is 1.94. The molecular weight excluding hydrogens is 212 g/mol. The van der Waals surface area contributed by atoms with Crippen molar-refractivity contribution < 1.29 is 4.74 Å². The summed E-state index contributed by atoms with van der Waals surface area (Å²) in [5, 5.41) is 12.4. The van der Waals surface area contributed by atoms with E-state index < -0.39 is 0 Å². The molecular formula is C14H18N2O. The summed E-state index contributed by atoms with van der Waals surface area (Å²) in [6, 6.07) is 8.41. The van der Waals surface area contributed by atoms with Crippen molar-refractivity contribution in [3.05, 3.63) is 29.3 Å². The van der Waals surface area contributed by atoms with Gasteiger partial charge in [0.15, 0.2) is 0 Å². The predicted molar refractivity (Wildman–Crippen MR) is 68.0 cm³/mol. The van der Waals surface area contributed by atoms with E-state index in [0.29, 0.717) is 17.7 Å². The van der Waals surface area contributed by atoms with Crippen LogP contribution in [0.25, 0.3) is 0 Å². The van der Waals surface area contributed by atoms with Crippen molar-refractivity contribution in [3.8, 4) is 6.07 Å². The number of hydrogen-bond donors (Lipinski definition) is 1. The fourth-order valence-electron chi connectivity index (χ4n) is 2.12. The fourth-order valence-corrected chi connectivity index (χ4v) is 2.12. The largest absolute Gasteiger partial charge is 0.382 e. The monoisotopic (exact) mass is 230 g/mol. The first-order valence-corrected chi connectivity index (χ1v) is 6.11. The van der Waals surface area contributed by atoms with E-state index in [4.69, 9.17) is 10.00 Å². The molecule has 1 N–H and O–H groups in total. The van der Waals surface area contributed by atoms with Crippen molar-refractivity contribution in [2.45, 2.75) is 38.8 Å². The van der Waals surface area contributed by atoms with Gasteiger partial charge in [0, 0.05) is 18.3 Å². The Kier molecular flexibility index (Phi) is 3.65. The number of nitriles is 1. The highest BCUT2D eigenvalue weighted by Gasteiger charge is 2.29. The van der Waals surface area contributed by atoms with Crippen LogP contribution in [0.1, 0.15) is 30.9 Å². The number of nitrogens with one attached hydrogen (secondary N) is 1. The Hall–Kier alpha value is -1.53. The Labute approximate surface area is 102 Å². The van der Waals surface area contributed by atoms with Crippen LogP contribution < -0.4 is 5.32 Å². The third kappa shape index (κ3) is 2.78. The van der Waals surface area contributed by atoms with Gasteiger partial charge in [-0.05, 0) is 44.4 Å². The number of anilines is 1. The first-order chi connectivity index (χ1) is 8.22. The summed E-state index contributed by atoms with van der Waals surface area (Å²) in [5.74, 6) is 0. The molecule has 0 aliphatic heterocycles. The second-order valence-corrected chi connectivity index (χ2v) is 4.53. The zero-order valence-corrected chi connectivity index (χ0v) is 10.4. The van der Waals surface area contributed by atoms with E-state index in [1.165, 1.54) is 5.56 Å². The van der Waals surface area contributed by atoms with E-state index >= 15 is 0 Å². The molecule has 0 aromatic heterocycles. The molecule has 1 aromatic carbocycles. The van der Waals surface area contributed by atoms with Crippen LogP contribution in [0.2, 0.25) is 0 Å². The summed E-state index contributed by atoms with van der Waals surface area (Å²) in [7, 11) is 0. The van der Waals surface area contributed by atoms with Gasteiger partial charge in [-0.3, -0.25) is 0 Å². The highest BCUT2D eigenvalue weighted by Crippen LogP contribution is 2.28. The third-order valence-electron chi connectivity index (χ3n) is 3.22. The van der Waals surface area contributed by atoms with Crippen molar-refractivity contribution in [1.29, 1.82) is 5.26 Å². The fraction of sp³-hybridized carbons (Fsp3) is 0.500. The van der Waals surface area contributed by atoms with Crippen LogP contribution >= 0.6 is 0 Å². The summed E-state index contributed by atoms with van der Waals surface area (Å²) >= 11 is 0. The molecule has 3 heteroatoms. The van der Waals surface area contributed by atoms with E-state index in [1.807, 2.05) is 25.1 Å². The first-order valence-electron chi connectivity index (χ1n) is 6.11. The first kappa shape index (κ1) is 11.9. The number of nitrogens with zero attached hydrogens (tertiary/aromatic N) is 1. The van der Waals surface area contributed by atoms with E-state index in [0.717, 1.165) is 25.1 Å². The van der Waals surface area contributed by atoms with Gasteiger partial charge in [-0.15, -0.1) is 0 Å². The number of aryl methyl sites for hydroxylation is 1. The Morgan fingerprint density at radius 2 is 2.24 bits per heavy atom. The van der Waals surface area contributed by atoms with Gasteiger partial charge in [0.1, 0.15) is 0 Å².